The van der Waals surface area contributed by atoms with Crippen LogP contribution in [0.1, 0.15) is 36.1 Å². The van der Waals surface area contributed by atoms with Gasteiger partial charge < -0.3 is 14.5 Å². The number of aryl methyl sites for hydroxylation is 1. The third-order valence-electron chi connectivity index (χ3n) is 3.23. The van der Waals surface area contributed by atoms with E-state index >= 15 is 0 Å². The van der Waals surface area contributed by atoms with Gasteiger partial charge in [-0.05, 0) is 26.7 Å². The maximum atomic E-state index is 11.9. The fraction of sp³-hybridized carbons (Fsp3) is 0.583. The fourth-order valence-electron chi connectivity index (χ4n) is 2.17. The molecule has 1 saturated carbocycles. The van der Waals surface area contributed by atoms with Gasteiger partial charge in [-0.15, -0.1) is 0 Å². The number of carbonyl (C=O) groups excluding carboxylic acids is 1. The maximum Gasteiger partial charge on any atom is 0.287 e. The van der Waals surface area contributed by atoms with Crippen LogP contribution in [0, 0.1) is 6.92 Å². The van der Waals surface area contributed by atoms with Crippen LogP contribution in [0.5, 0.6) is 0 Å². The summed E-state index contributed by atoms with van der Waals surface area (Å²) in [6.45, 7) is 4.03. The molecule has 0 bridgehead atoms. The summed E-state index contributed by atoms with van der Waals surface area (Å²) in [5, 5.41) is 7.79. The molecule has 3 N–H and O–H groups in total. The second kappa shape index (κ2) is 5.55. The molecule has 1 amide bonds. The van der Waals surface area contributed by atoms with E-state index in [2.05, 4.69) is 5.32 Å². The zero-order valence-corrected chi connectivity index (χ0v) is 12.2. The van der Waals surface area contributed by atoms with Crippen LogP contribution in [-0.2, 0) is 14.8 Å². The minimum atomic E-state index is -3.88. The van der Waals surface area contributed by atoms with Crippen molar-refractivity contribution >= 4 is 15.9 Å². The number of hydrogen-bond donors (Lipinski definition) is 2. The molecule has 1 fully saturated rings. The lowest BCUT2D eigenvalue weighted by molar-refractivity contribution is -0.00885. The molecule has 0 unspecified atom stereocenters. The van der Waals surface area contributed by atoms with Crippen molar-refractivity contribution in [2.24, 2.45) is 5.14 Å². The summed E-state index contributed by atoms with van der Waals surface area (Å²) >= 11 is 0. The number of sulfonamides is 1. The number of furan rings is 1. The Morgan fingerprint density at radius 3 is 2.70 bits per heavy atom. The molecule has 0 aliphatic heterocycles. The zero-order chi connectivity index (χ0) is 14.9. The van der Waals surface area contributed by atoms with E-state index in [0.29, 0.717) is 6.61 Å². The molecule has 1 aliphatic carbocycles. The van der Waals surface area contributed by atoms with E-state index < -0.39 is 15.9 Å². The van der Waals surface area contributed by atoms with Gasteiger partial charge in [-0.3, -0.25) is 4.79 Å². The minimum absolute atomic E-state index is 0.0300. The number of amides is 1. The van der Waals surface area contributed by atoms with Crippen molar-refractivity contribution in [3.63, 3.8) is 0 Å². The summed E-state index contributed by atoms with van der Waals surface area (Å²) in [6, 6.07) is 1.18. The molecule has 1 aromatic heterocycles. The Balaban J connectivity index is 1.98. The quantitative estimate of drug-likeness (QED) is 0.824. The highest BCUT2D eigenvalue weighted by Crippen LogP contribution is 2.24. The van der Waals surface area contributed by atoms with Crippen molar-refractivity contribution in [3.05, 3.63) is 17.6 Å². The van der Waals surface area contributed by atoms with Crippen LogP contribution in [0.3, 0.4) is 0 Å². The summed E-state index contributed by atoms with van der Waals surface area (Å²) in [4.78, 5) is 11.8. The topological polar surface area (TPSA) is 112 Å². The molecule has 112 valence electrons. The number of carbonyl (C=O) groups is 1. The van der Waals surface area contributed by atoms with Crippen LogP contribution in [-0.4, -0.2) is 33.1 Å². The van der Waals surface area contributed by atoms with Crippen LogP contribution in [0.4, 0.5) is 0 Å². The largest absolute Gasteiger partial charge is 0.455 e. The molecule has 20 heavy (non-hydrogen) atoms. The fourth-order valence-corrected chi connectivity index (χ4v) is 2.89. The molecule has 0 atom stereocenters. The van der Waals surface area contributed by atoms with Crippen molar-refractivity contribution in [2.45, 2.75) is 43.7 Å². The average molecular weight is 302 g/mol. The molecule has 8 heteroatoms. The van der Waals surface area contributed by atoms with Gasteiger partial charge in [0.25, 0.3) is 5.91 Å². The number of primary sulfonamides is 1. The molecule has 2 rings (SSSR count). The van der Waals surface area contributed by atoms with E-state index in [0.717, 1.165) is 18.9 Å². The Kier molecular flexibility index (Phi) is 4.17. The lowest BCUT2D eigenvalue weighted by atomic mass is 9.89. The van der Waals surface area contributed by atoms with Gasteiger partial charge in [0.15, 0.2) is 5.76 Å². The Morgan fingerprint density at radius 1 is 1.55 bits per heavy atom. The normalized spacial score (nSPS) is 22.4. The Labute approximate surface area is 117 Å². The van der Waals surface area contributed by atoms with Gasteiger partial charge in [-0.2, -0.15) is 0 Å². The SMILES string of the molecule is CCOC1CC(NC(=O)c2cc(S(N)(=O)=O)c(C)o2)C1. The van der Waals surface area contributed by atoms with Gasteiger partial charge in [0, 0.05) is 18.7 Å². The third kappa shape index (κ3) is 3.20. The van der Waals surface area contributed by atoms with E-state index in [1.807, 2.05) is 6.92 Å². The summed E-state index contributed by atoms with van der Waals surface area (Å²) in [7, 11) is -3.88. The van der Waals surface area contributed by atoms with Crippen LogP contribution >= 0.6 is 0 Å². The molecule has 0 radical (unpaired) electrons. The summed E-state index contributed by atoms with van der Waals surface area (Å²) in [5.41, 5.74) is 0. The predicted octanol–water partition coefficient (Wildman–Crippen LogP) is 0.533. The highest BCUT2D eigenvalue weighted by Gasteiger charge is 2.32. The number of nitrogens with one attached hydrogen (secondary N) is 1. The summed E-state index contributed by atoms with van der Waals surface area (Å²) < 4.78 is 33.1. The molecule has 0 spiro atoms. The third-order valence-corrected chi connectivity index (χ3v) is 4.25. The number of ether oxygens (including phenoxy) is 1. The van der Waals surface area contributed by atoms with Crippen molar-refractivity contribution in [2.75, 3.05) is 6.61 Å². The van der Waals surface area contributed by atoms with Gasteiger partial charge in [-0.25, -0.2) is 13.6 Å². The Bertz CT molecular complexity index is 601. The zero-order valence-electron chi connectivity index (χ0n) is 11.4. The second-order valence-corrected chi connectivity index (χ2v) is 6.33. The number of nitrogens with two attached hydrogens (primary N) is 1. The average Bonchev–Trinajstić information content (AvgIpc) is 2.68. The molecular weight excluding hydrogens is 284 g/mol. The van der Waals surface area contributed by atoms with Crippen molar-refractivity contribution in [3.8, 4) is 0 Å². The molecule has 1 heterocycles. The van der Waals surface area contributed by atoms with Crippen molar-refractivity contribution in [1.82, 2.24) is 5.32 Å². The van der Waals surface area contributed by atoms with Crippen LogP contribution in [0.15, 0.2) is 15.4 Å². The van der Waals surface area contributed by atoms with Crippen molar-refractivity contribution in [1.29, 1.82) is 0 Å². The van der Waals surface area contributed by atoms with E-state index in [1.54, 1.807) is 0 Å². The van der Waals surface area contributed by atoms with Crippen LogP contribution in [0.2, 0.25) is 0 Å². The van der Waals surface area contributed by atoms with E-state index in [9.17, 15) is 13.2 Å². The van der Waals surface area contributed by atoms with Crippen molar-refractivity contribution < 1.29 is 22.4 Å². The lowest BCUT2D eigenvalue weighted by Gasteiger charge is -2.35. The standard InChI is InChI=1S/C12H18N2O5S/c1-3-18-9-4-8(5-9)14-12(15)10-6-11(7(2)19-10)20(13,16)17/h6,8-9H,3-5H2,1-2H3,(H,14,15)(H2,13,16,17). The Morgan fingerprint density at radius 2 is 2.20 bits per heavy atom. The van der Waals surface area contributed by atoms with E-state index in [4.69, 9.17) is 14.3 Å². The molecule has 0 saturated heterocycles. The monoisotopic (exact) mass is 302 g/mol. The minimum Gasteiger partial charge on any atom is -0.455 e. The maximum absolute atomic E-state index is 11.9. The van der Waals surface area contributed by atoms with Gasteiger partial charge in [-0.1, -0.05) is 0 Å². The number of hydrogen-bond acceptors (Lipinski definition) is 5. The smallest absolute Gasteiger partial charge is 0.287 e. The number of rotatable bonds is 5. The highest BCUT2D eigenvalue weighted by molar-refractivity contribution is 7.89. The second-order valence-electron chi connectivity index (χ2n) is 4.80. The van der Waals surface area contributed by atoms with Gasteiger partial charge in [0.2, 0.25) is 10.0 Å². The molecule has 0 aromatic carbocycles. The van der Waals surface area contributed by atoms with Gasteiger partial charge in [0.05, 0.1) is 6.10 Å². The first-order valence-corrected chi connectivity index (χ1v) is 7.91. The first-order valence-electron chi connectivity index (χ1n) is 6.37. The van der Waals surface area contributed by atoms with Crippen LogP contribution < -0.4 is 10.5 Å². The summed E-state index contributed by atoms with van der Waals surface area (Å²) in [6.07, 6.45) is 1.69. The highest BCUT2D eigenvalue weighted by atomic mass is 32.2. The Hall–Kier alpha value is -1.38. The molecule has 7 nitrogen and oxygen atoms in total. The van der Waals surface area contributed by atoms with Crippen LogP contribution in [0.25, 0.3) is 0 Å². The first-order chi connectivity index (χ1) is 9.31. The lowest BCUT2D eigenvalue weighted by Crippen LogP contribution is -2.47. The van der Waals surface area contributed by atoms with E-state index in [1.165, 1.54) is 6.92 Å². The van der Waals surface area contributed by atoms with Gasteiger partial charge in [0.1, 0.15) is 10.7 Å². The summed E-state index contributed by atoms with van der Waals surface area (Å²) in [5.74, 6) is -0.382. The predicted molar refractivity (Wildman–Crippen MR) is 70.7 cm³/mol. The molecular formula is C12H18N2O5S. The first kappa shape index (κ1) is 15.0. The molecule has 1 aliphatic rings. The van der Waals surface area contributed by atoms with Gasteiger partial charge >= 0.3 is 0 Å². The van der Waals surface area contributed by atoms with E-state index in [-0.39, 0.29) is 28.6 Å². The molecule has 1 aromatic rings.